The first-order valence-electron chi connectivity index (χ1n) is 10.6. The Labute approximate surface area is 195 Å². The van der Waals surface area contributed by atoms with Crippen LogP contribution in [0.2, 0.25) is 0 Å². The molecule has 172 valence electrons. The predicted octanol–water partition coefficient (Wildman–Crippen LogP) is 4.24. The van der Waals surface area contributed by atoms with Crippen LogP contribution in [0.4, 0.5) is 10.1 Å². The molecule has 1 fully saturated rings. The number of hydrogen-bond donors (Lipinski definition) is 2. The van der Waals surface area contributed by atoms with Crippen LogP contribution in [0.15, 0.2) is 42.9 Å². The highest BCUT2D eigenvalue weighted by Crippen LogP contribution is 2.37. The van der Waals surface area contributed by atoms with Crippen molar-refractivity contribution in [3.05, 3.63) is 59.9 Å². The zero-order chi connectivity index (χ0) is 23.2. The molecule has 33 heavy (non-hydrogen) atoms. The normalized spacial score (nSPS) is 12.8. The average molecular weight is 470 g/mol. The molecule has 0 bridgehead atoms. The van der Waals surface area contributed by atoms with Crippen molar-refractivity contribution in [1.29, 1.82) is 0 Å². The smallest absolute Gasteiger partial charge is 0.254 e. The van der Waals surface area contributed by atoms with Crippen molar-refractivity contribution in [1.82, 2.24) is 20.3 Å². The summed E-state index contributed by atoms with van der Waals surface area (Å²) in [4.78, 5) is 25.3. The molecule has 0 spiro atoms. The van der Waals surface area contributed by atoms with E-state index in [2.05, 4.69) is 25.0 Å². The highest BCUT2D eigenvalue weighted by molar-refractivity contribution is 8.01. The maximum atomic E-state index is 14.8. The third-order valence-electron chi connectivity index (χ3n) is 4.87. The molecule has 1 aliphatic rings. The summed E-state index contributed by atoms with van der Waals surface area (Å²) in [6.45, 7) is 2.38. The average Bonchev–Trinajstić information content (AvgIpc) is 3.66. The van der Waals surface area contributed by atoms with Crippen LogP contribution in [-0.4, -0.2) is 39.8 Å². The van der Waals surface area contributed by atoms with Crippen LogP contribution in [0, 0.1) is 5.82 Å². The Morgan fingerprint density at radius 1 is 1.27 bits per heavy atom. The molecular formula is C23H24FN5O3S. The van der Waals surface area contributed by atoms with Crippen LogP contribution in [0.25, 0.3) is 11.3 Å². The van der Waals surface area contributed by atoms with Crippen LogP contribution in [0.1, 0.15) is 35.8 Å². The Bertz CT molecular complexity index is 1140. The summed E-state index contributed by atoms with van der Waals surface area (Å²) < 4.78 is 28.9. The molecular weight excluding hydrogens is 445 g/mol. The number of anilines is 1. The van der Waals surface area contributed by atoms with Gasteiger partial charge in [-0.1, -0.05) is 6.07 Å². The summed E-state index contributed by atoms with van der Waals surface area (Å²) in [6, 6.07) is 6.12. The number of hydrogen-bond acceptors (Lipinski definition) is 8. The Balaban J connectivity index is 1.44. The third-order valence-corrected chi connectivity index (χ3v) is 6.02. The number of nitrogens with one attached hydrogen (secondary N) is 2. The first kappa shape index (κ1) is 22.8. The number of carbonyl (C=O) groups is 1. The SMILES string of the molecule is CCOc1cncc(-c2ccc(C(=O)NCc3nccc(NSC4CC4)c3OC)c(F)c2)n1. The van der Waals surface area contributed by atoms with E-state index in [1.165, 1.54) is 37.4 Å². The number of ether oxygens (including phenoxy) is 2. The van der Waals surface area contributed by atoms with Gasteiger partial charge in [-0.3, -0.25) is 14.8 Å². The lowest BCUT2D eigenvalue weighted by molar-refractivity contribution is 0.0946. The highest BCUT2D eigenvalue weighted by Gasteiger charge is 2.23. The number of nitrogens with zero attached hydrogens (tertiary/aromatic N) is 3. The second kappa shape index (κ2) is 10.5. The van der Waals surface area contributed by atoms with Gasteiger partial charge in [-0.05, 0) is 49.9 Å². The van der Waals surface area contributed by atoms with E-state index in [9.17, 15) is 9.18 Å². The molecule has 2 N–H and O–H groups in total. The van der Waals surface area contributed by atoms with E-state index in [-0.39, 0.29) is 12.1 Å². The zero-order valence-corrected chi connectivity index (χ0v) is 19.1. The second-order valence-electron chi connectivity index (χ2n) is 7.31. The third kappa shape index (κ3) is 5.70. The highest BCUT2D eigenvalue weighted by atomic mass is 32.2. The number of pyridine rings is 1. The fourth-order valence-corrected chi connectivity index (χ4v) is 3.91. The number of aromatic nitrogens is 3. The van der Waals surface area contributed by atoms with Gasteiger partial charge < -0.3 is 19.5 Å². The van der Waals surface area contributed by atoms with Gasteiger partial charge in [0.25, 0.3) is 5.91 Å². The summed E-state index contributed by atoms with van der Waals surface area (Å²) in [5.74, 6) is -0.312. The van der Waals surface area contributed by atoms with Gasteiger partial charge in [0.2, 0.25) is 5.88 Å². The lowest BCUT2D eigenvalue weighted by Gasteiger charge is -2.14. The lowest BCUT2D eigenvalue weighted by atomic mass is 10.1. The number of carbonyl (C=O) groups excluding carboxylic acids is 1. The van der Waals surface area contributed by atoms with Crippen molar-refractivity contribution in [2.75, 3.05) is 18.4 Å². The van der Waals surface area contributed by atoms with Gasteiger partial charge in [-0.2, -0.15) is 0 Å². The maximum Gasteiger partial charge on any atom is 0.254 e. The van der Waals surface area contributed by atoms with Gasteiger partial charge in [0.1, 0.15) is 11.5 Å². The Hall–Kier alpha value is -3.40. The fraction of sp³-hybridized carbons (Fsp3) is 0.304. The van der Waals surface area contributed by atoms with E-state index in [4.69, 9.17) is 9.47 Å². The number of methoxy groups -OCH3 is 1. The molecule has 1 amide bonds. The summed E-state index contributed by atoms with van der Waals surface area (Å²) in [5.41, 5.74) is 2.21. The van der Waals surface area contributed by atoms with Crippen molar-refractivity contribution >= 4 is 23.5 Å². The molecule has 3 aromatic rings. The van der Waals surface area contributed by atoms with E-state index < -0.39 is 11.7 Å². The first-order valence-corrected chi connectivity index (χ1v) is 11.4. The zero-order valence-electron chi connectivity index (χ0n) is 18.3. The molecule has 1 aliphatic carbocycles. The summed E-state index contributed by atoms with van der Waals surface area (Å²) in [5, 5.41) is 3.33. The predicted molar refractivity (Wildman–Crippen MR) is 125 cm³/mol. The van der Waals surface area contributed by atoms with Crippen LogP contribution in [0.5, 0.6) is 11.6 Å². The lowest BCUT2D eigenvalue weighted by Crippen LogP contribution is -2.24. The van der Waals surface area contributed by atoms with E-state index in [0.717, 1.165) is 5.69 Å². The van der Waals surface area contributed by atoms with Crippen molar-refractivity contribution in [2.24, 2.45) is 0 Å². The summed E-state index contributed by atoms with van der Waals surface area (Å²) >= 11 is 1.65. The van der Waals surface area contributed by atoms with E-state index in [1.54, 1.807) is 31.3 Å². The Morgan fingerprint density at radius 3 is 2.85 bits per heavy atom. The fourth-order valence-electron chi connectivity index (χ4n) is 3.08. The summed E-state index contributed by atoms with van der Waals surface area (Å²) in [6.07, 6.45) is 7.04. The van der Waals surface area contributed by atoms with Crippen LogP contribution < -0.4 is 19.5 Å². The Morgan fingerprint density at radius 2 is 2.12 bits per heavy atom. The summed E-state index contributed by atoms with van der Waals surface area (Å²) in [7, 11) is 1.55. The van der Waals surface area contributed by atoms with Gasteiger partial charge in [-0.15, -0.1) is 0 Å². The maximum absolute atomic E-state index is 14.8. The molecule has 8 nitrogen and oxygen atoms in total. The van der Waals surface area contributed by atoms with Crippen molar-refractivity contribution in [3.8, 4) is 22.9 Å². The number of halogens is 1. The van der Waals surface area contributed by atoms with E-state index in [1.807, 2.05) is 13.0 Å². The van der Waals surface area contributed by atoms with E-state index >= 15 is 0 Å². The topological polar surface area (TPSA) is 98.3 Å². The van der Waals surface area contributed by atoms with Crippen LogP contribution in [-0.2, 0) is 6.54 Å². The largest absolute Gasteiger partial charge is 0.493 e. The van der Waals surface area contributed by atoms with Crippen molar-refractivity contribution in [2.45, 2.75) is 31.6 Å². The van der Waals surface area contributed by atoms with Gasteiger partial charge >= 0.3 is 0 Å². The minimum absolute atomic E-state index is 0.0785. The second-order valence-corrected chi connectivity index (χ2v) is 8.42. The molecule has 0 unspecified atom stereocenters. The minimum atomic E-state index is -0.662. The molecule has 1 saturated carbocycles. The molecule has 2 heterocycles. The number of rotatable bonds is 10. The van der Waals surface area contributed by atoms with E-state index in [0.29, 0.717) is 40.4 Å². The number of benzene rings is 1. The van der Waals surface area contributed by atoms with Crippen LogP contribution in [0.3, 0.4) is 0 Å². The molecule has 2 aromatic heterocycles. The first-order chi connectivity index (χ1) is 16.1. The molecule has 4 rings (SSSR count). The van der Waals surface area contributed by atoms with Crippen molar-refractivity contribution in [3.63, 3.8) is 0 Å². The quantitative estimate of drug-likeness (QED) is 0.426. The monoisotopic (exact) mass is 469 g/mol. The molecule has 0 aliphatic heterocycles. The minimum Gasteiger partial charge on any atom is -0.493 e. The molecule has 0 saturated heterocycles. The van der Waals surface area contributed by atoms with Gasteiger partial charge in [-0.25, -0.2) is 9.37 Å². The van der Waals surface area contributed by atoms with Gasteiger partial charge in [0.05, 0.1) is 49.6 Å². The van der Waals surface area contributed by atoms with Gasteiger partial charge in [0, 0.05) is 17.0 Å². The molecule has 0 atom stereocenters. The van der Waals surface area contributed by atoms with Crippen molar-refractivity contribution < 1.29 is 18.7 Å². The van der Waals surface area contributed by atoms with Crippen LogP contribution >= 0.6 is 11.9 Å². The van der Waals surface area contributed by atoms with Gasteiger partial charge in [0.15, 0.2) is 5.75 Å². The molecule has 0 radical (unpaired) electrons. The number of amides is 1. The molecule has 10 heteroatoms. The molecule has 1 aromatic carbocycles. The Kier molecular flexibility index (Phi) is 7.23. The standard InChI is InChI=1S/C23H24FN5O3S/c1-3-32-21-13-25-11-19(28-21)14-4-7-16(17(24)10-14)23(30)27-12-20-22(31-2)18(8-9-26-20)29-33-15-5-6-15/h4,7-11,13,15H,3,5-6,12H2,1-2H3,(H,26,29)(H,27,30).